The number of amides is 2. The number of anilines is 3. The number of esters is 1. The zero-order valence-electron chi connectivity index (χ0n) is 34.8. The largest absolute Gasteiger partial charge is 0.481 e. The van der Waals surface area contributed by atoms with E-state index in [9.17, 15) is 32.7 Å². The van der Waals surface area contributed by atoms with Crippen molar-refractivity contribution in [1.29, 1.82) is 0 Å². The van der Waals surface area contributed by atoms with Crippen molar-refractivity contribution in [2.24, 2.45) is 5.92 Å². The number of sulfonamides is 1. The minimum Gasteiger partial charge on any atom is -0.481 e. The van der Waals surface area contributed by atoms with E-state index in [0.29, 0.717) is 42.8 Å². The molecule has 1 aliphatic carbocycles. The van der Waals surface area contributed by atoms with Gasteiger partial charge in [0.1, 0.15) is 11.4 Å². The van der Waals surface area contributed by atoms with Crippen LogP contribution in [-0.2, 0) is 32.4 Å². The number of carbonyl (C=O) groups is 4. The minimum absolute atomic E-state index is 0.0169. The average Bonchev–Trinajstić information content (AvgIpc) is 3.23. The molecule has 3 aromatic carbocycles. The van der Waals surface area contributed by atoms with Gasteiger partial charge < -0.3 is 25.4 Å². The summed E-state index contributed by atoms with van der Waals surface area (Å²) in [7, 11) is -4.01. The third-order valence-corrected chi connectivity index (χ3v) is 13.0. The quantitative estimate of drug-likeness (QED) is 0.106. The third-order valence-electron chi connectivity index (χ3n) is 11.0. The Morgan fingerprint density at radius 3 is 2.03 bits per heavy atom. The summed E-state index contributed by atoms with van der Waals surface area (Å²) in [4.78, 5) is 58.4. The predicted octanol–water partition coefficient (Wildman–Crippen LogP) is 7.97. The van der Waals surface area contributed by atoms with Crippen LogP contribution < -0.4 is 15.5 Å². The van der Waals surface area contributed by atoms with Crippen LogP contribution in [0.25, 0.3) is 0 Å². The first-order valence-corrected chi connectivity index (χ1v) is 22.2. The molecule has 2 heterocycles. The normalized spacial score (nSPS) is 17.2. The van der Waals surface area contributed by atoms with Gasteiger partial charge in [-0.2, -0.15) is 4.31 Å². The minimum atomic E-state index is -4.01. The molecule has 2 fully saturated rings. The highest BCUT2D eigenvalue weighted by Crippen LogP contribution is 2.32. The molecule has 0 atom stereocenters. The van der Waals surface area contributed by atoms with Crippen LogP contribution in [0.2, 0.25) is 0 Å². The number of rotatable bonds is 14. The van der Waals surface area contributed by atoms with E-state index in [4.69, 9.17) is 9.72 Å². The van der Waals surface area contributed by atoms with Gasteiger partial charge in [-0.05, 0) is 144 Å². The Balaban J connectivity index is 1.15. The number of hydrogen-bond donors (Lipinski definition) is 3. The number of carbonyl (C=O) groups excluding carboxylic acids is 3. The summed E-state index contributed by atoms with van der Waals surface area (Å²) in [5, 5.41) is 15.2. The zero-order chi connectivity index (χ0) is 43.0. The van der Waals surface area contributed by atoms with Gasteiger partial charge in [-0.1, -0.05) is 37.3 Å². The maximum absolute atomic E-state index is 13.9. The Hall–Kier alpha value is -5.60. The lowest BCUT2D eigenvalue weighted by atomic mass is 9.86. The summed E-state index contributed by atoms with van der Waals surface area (Å²) in [6.45, 7) is 9.04. The summed E-state index contributed by atoms with van der Waals surface area (Å²) in [5.41, 5.74) is 2.88. The standard InChI is InChI=1S/C46H55N5O8S/c1-5-51(37-24-20-33(21-25-37)44(54)55)60(57,58)38-11-9-10-35(30-38)42(52)48-39-26-27-40(50-28-7-6-8-29-50)49-41(39)43(53)47-36-22-16-32(17-23-36)13-12-31-14-18-34(19-15-31)45(56)59-46(2,3)4/h9-11,14-19,22-23,26-27,30,33,37H,5-8,12-13,20-21,24-25,28-29H2,1-4H3,(H,47,53)(H,48,52)(H,54,55). The molecule has 1 aromatic heterocycles. The van der Waals surface area contributed by atoms with Crippen LogP contribution in [0.1, 0.15) is 115 Å². The van der Waals surface area contributed by atoms with Crippen LogP contribution in [0.3, 0.4) is 0 Å². The van der Waals surface area contributed by atoms with E-state index in [1.807, 2.05) is 57.2 Å². The highest BCUT2D eigenvalue weighted by Gasteiger charge is 2.35. The molecule has 14 heteroatoms. The highest BCUT2D eigenvalue weighted by atomic mass is 32.2. The Kier molecular flexibility index (Phi) is 14.1. The van der Waals surface area contributed by atoms with Crippen molar-refractivity contribution in [3.63, 3.8) is 0 Å². The molecule has 3 N–H and O–H groups in total. The molecule has 13 nitrogen and oxygen atoms in total. The van der Waals surface area contributed by atoms with Gasteiger partial charge in [0.2, 0.25) is 10.0 Å². The number of hydrogen-bond acceptors (Lipinski definition) is 9. The number of aromatic nitrogens is 1. The maximum Gasteiger partial charge on any atom is 0.338 e. The van der Waals surface area contributed by atoms with Gasteiger partial charge in [0.05, 0.1) is 22.1 Å². The van der Waals surface area contributed by atoms with Crippen molar-refractivity contribution in [3.8, 4) is 0 Å². The monoisotopic (exact) mass is 837 g/mol. The Morgan fingerprint density at radius 2 is 1.43 bits per heavy atom. The summed E-state index contributed by atoms with van der Waals surface area (Å²) >= 11 is 0. The highest BCUT2D eigenvalue weighted by molar-refractivity contribution is 7.89. The molecule has 2 aliphatic rings. The van der Waals surface area contributed by atoms with Crippen molar-refractivity contribution < 1.29 is 37.4 Å². The molecule has 1 aliphatic heterocycles. The number of ether oxygens (including phenoxy) is 1. The van der Waals surface area contributed by atoms with E-state index in [1.165, 1.54) is 28.6 Å². The van der Waals surface area contributed by atoms with Gasteiger partial charge in [-0.3, -0.25) is 14.4 Å². The molecular weight excluding hydrogens is 783 g/mol. The molecule has 318 valence electrons. The van der Waals surface area contributed by atoms with Crippen molar-refractivity contribution in [1.82, 2.24) is 9.29 Å². The maximum atomic E-state index is 13.9. The number of piperidine rings is 1. The van der Waals surface area contributed by atoms with Crippen molar-refractivity contribution in [2.45, 2.75) is 102 Å². The number of aryl methyl sites for hydroxylation is 2. The number of nitrogens with one attached hydrogen (secondary N) is 2. The summed E-state index contributed by atoms with van der Waals surface area (Å²) < 4.78 is 34.7. The van der Waals surface area contributed by atoms with Gasteiger partial charge >= 0.3 is 11.9 Å². The Bertz CT molecular complexity index is 2280. The first kappa shape index (κ1) is 44.0. The lowest BCUT2D eigenvalue weighted by Crippen LogP contribution is -2.42. The third kappa shape index (κ3) is 11.2. The zero-order valence-corrected chi connectivity index (χ0v) is 35.6. The van der Waals surface area contributed by atoms with Crippen LogP contribution >= 0.6 is 0 Å². The van der Waals surface area contributed by atoms with Gasteiger partial charge in [0.15, 0.2) is 5.69 Å². The second kappa shape index (κ2) is 19.2. The van der Waals surface area contributed by atoms with Crippen LogP contribution in [0.5, 0.6) is 0 Å². The molecule has 6 rings (SSSR count). The Labute approximate surface area is 352 Å². The summed E-state index contributed by atoms with van der Waals surface area (Å²) in [5.74, 6) is -2.21. The second-order valence-corrected chi connectivity index (χ2v) is 18.4. The average molecular weight is 838 g/mol. The summed E-state index contributed by atoms with van der Waals surface area (Å²) in [6, 6.07) is 23.8. The van der Waals surface area contributed by atoms with E-state index < -0.39 is 39.3 Å². The fraction of sp³-hybridized carbons (Fsp3) is 0.413. The number of carboxylic acids is 1. The lowest BCUT2D eigenvalue weighted by Gasteiger charge is -2.34. The van der Waals surface area contributed by atoms with Crippen LogP contribution in [0.15, 0.2) is 89.8 Å². The van der Waals surface area contributed by atoms with Gasteiger partial charge in [-0.25, -0.2) is 18.2 Å². The fourth-order valence-electron chi connectivity index (χ4n) is 7.76. The number of benzene rings is 3. The number of carboxylic acid groups (broad SMARTS) is 1. The van der Waals surface area contributed by atoms with Crippen LogP contribution in [-0.4, -0.2) is 77.8 Å². The molecule has 60 heavy (non-hydrogen) atoms. The smallest absolute Gasteiger partial charge is 0.338 e. The second-order valence-electron chi connectivity index (χ2n) is 16.5. The number of pyridine rings is 1. The predicted molar refractivity (Wildman–Crippen MR) is 231 cm³/mol. The van der Waals surface area contributed by atoms with Gasteiger partial charge in [0, 0.05) is 36.9 Å². The molecule has 2 amide bonds. The number of aliphatic carboxylic acids is 1. The van der Waals surface area contributed by atoms with Gasteiger partial charge in [-0.15, -0.1) is 0 Å². The molecule has 0 radical (unpaired) electrons. The SMILES string of the molecule is CCN(C1CCC(C(=O)O)CC1)S(=O)(=O)c1cccc(C(=O)Nc2ccc(N3CCCCC3)nc2C(=O)Nc2ccc(CCc3ccc(C(=O)OC(C)(C)C)cc3)cc2)c1. The molecule has 1 saturated heterocycles. The van der Waals surface area contributed by atoms with E-state index in [2.05, 4.69) is 15.5 Å². The number of nitrogens with zero attached hydrogens (tertiary/aromatic N) is 3. The molecule has 0 bridgehead atoms. The molecule has 0 unspecified atom stereocenters. The van der Waals surface area contributed by atoms with Gasteiger partial charge in [0.25, 0.3) is 11.8 Å². The van der Waals surface area contributed by atoms with Crippen molar-refractivity contribution in [3.05, 3.63) is 113 Å². The molecule has 1 saturated carbocycles. The molecule has 0 spiro atoms. The summed E-state index contributed by atoms with van der Waals surface area (Å²) in [6.07, 6.45) is 6.29. The molecular formula is C46H55N5O8S. The van der Waals surface area contributed by atoms with Crippen LogP contribution in [0, 0.1) is 5.92 Å². The van der Waals surface area contributed by atoms with E-state index in [0.717, 1.165) is 56.3 Å². The molecule has 4 aromatic rings. The fourth-order valence-corrected chi connectivity index (χ4v) is 9.50. The van der Waals surface area contributed by atoms with E-state index in [1.54, 1.807) is 31.2 Å². The lowest BCUT2D eigenvalue weighted by molar-refractivity contribution is -0.143. The van der Waals surface area contributed by atoms with E-state index in [-0.39, 0.29) is 40.4 Å². The van der Waals surface area contributed by atoms with Crippen LogP contribution in [0.4, 0.5) is 17.2 Å². The van der Waals surface area contributed by atoms with Crippen molar-refractivity contribution in [2.75, 3.05) is 35.2 Å². The first-order chi connectivity index (χ1) is 28.6. The van der Waals surface area contributed by atoms with E-state index >= 15 is 0 Å². The Morgan fingerprint density at radius 1 is 0.800 bits per heavy atom. The first-order valence-electron chi connectivity index (χ1n) is 20.8. The topological polar surface area (TPSA) is 175 Å². The van der Waals surface area contributed by atoms with Crippen molar-refractivity contribution >= 4 is 51.0 Å².